The van der Waals surface area contributed by atoms with Crippen LogP contribution >= 0.6 is 0 Å². The first-order valence-corrected chi connectivity index (χ1v) is 9.04. The van der Waals surface area contributed by atoms with E-state index in [9.17, 15) is 15.0 Å². The first-order chi connectivity index (χ1) is 13.1. The topological polar surface area (TPSA) is 78.8 Å². The number of phenols is 2. The fourth-order valence-corrected chi connectivity index (χ4v) is 3.75. The minimum absolute atomic E-state index is 0.0277. The number of rotatable bonds is 3. The van der Waals surface area contributed by atoms with Gasteiger partial charge >= 0.3 is 5.97 Å². The number of nitrogens with one attached hydrogen (secondary N) is 1. The van der Waals surface area contributed by atoms with Crippen molar-refractivity contribution >= 4 is 16.7 Å². The second-order valence-electron chi connectivity index (χ2n) is 6.84. The van der Waals surface area contributed by atoms with E-state index in [1.54, 1.807) is 24.3 Å². The lowest BCUT2D eigenvalue weighted by atomic mass is 9.84. The van der Waals surface area contributed by atoms with Crippen LogP contribution in [0.3, 0.4) is 0 Å². The van der Waals surface area contributed by atoms with E-state index < -0.39 is 11.6 Å². The van der Waals surface area contributed by atoms with Crippen molar-refractivity contribution in [1.29, 1.82) is 0 Å². The second-order valence-corrected chi connectivity index (χ2v) is 6.84. The highest BCUT2D eigenvalue weighted by Crippen LogP contribution is 2.39. The van der Waals surface area contributed by atoms with E-state index in [0.29, 0.717) is 23.6 Å². The molecule has 1 saturated heterocycles. The Morgan fingerprint density at radius 2 is 1.56 bits per heavy atom. The number of hydrogen-bond donors (Lipinski definition) is 3. The maximum Gasteiger partial charge on any atom is 0.342 e. The van der Waals surface area contributed by atoms with E-state index in [0.717, 1.165) is 18.7 Å². The van der Waals surface area contributed by atoms with Crippen LogP contribution in [0, 0.1) is 0 Å². The van der Waals surface area contributed by atoms with Gasteiger partial charge < -0.3 is 20.3 Å². The van der Waals surface area contributed by atoms with Gasteiger partial charge in [-0.25, -0.2) is 4.79 Å². The zero-order valence-corrected chi connectivity index (χ0v) is 14.8. The van der Waals surface area contributed by atoms with Gasteiger partial charge in [-0.1, -0.05) is 54.6 Å². The molecule has 0 unspecified atom stereocenters. The second kappa shape index (κ2) is 6.93. The van der Waals surface area contributed by atoms with Crippen LogP contribution in [0.1, 0.15) is 28.8 Å². The molecule has 3 aromatic carbocycles. The number of fused-ring (bicyclic) bond motifs is 1. The van der Waals surface area contributed by atoms with E-state index in [1.165, 1.54) is 6.07 Å². The molecule has 0 radical (unpaired) electrons. The fourth-order valence-electron chi connectivity index (χ4n) is 3.75. The molecule has 5 nitrogen and oxygen atoms in total. The van der Waals surface area contributed by atoms with Crippen LogP contribution in [0.2, 0.25) is 0 Å². The minimum atomic E-state index is -0.753. The number of ether oxygens (including phenoxy) is 1. The average Bonchev–Trinajstić information content (AvgIpc) is 2.72. The molecule has 1 aliphatic rings. The summed E-state index contributed by atoms with van der Waals surface area (Å²) in [6, 6.07) is 17.8. The molecule has 0 amide bonds. The Bertz CT molecular complexity index is 978. The number of phenolic OH excluding ortho intramolecular Hbond substituents is 2. The zero-order valence-electron chi connectivity index (χ0n) is 14.8. The van der Waals surface area contributed by atoms with E-state index in [1.807, 2.05) is 30.3 Å². The quantitative estimate of drug-likeness (QED) is 0.489. The Kier molecular flexibility index (Phi) is 4.46. The minimum Gasteiger partial charge on any atom is -0.507 e. The van der Waals surface area contributed by atoms with Gasteiger partial charge in [0, 0.05) is 23.6 Å². The predicted molar refractivity (Wildman–Crippen MR) is 103 cm³/mol. The molecule has 3 N–H and O–H groups in total. The summed E-state index contributed by atoms with van der Waals surface area (Å²) in [5.41, 5.74) is 0.154. The first kappa shape index (κ1) is 17.4. The molecule has 138 valence electrons. The van der Waals surface area contributed by atoms with Crippen LogP contribution in [-0.2, 0) is 10.3 Å². The summed E-state index contributed by atoms with van der Waals surface area (Å²) in [6.45, 7) is 1.47. The van der Waals surface area contributed by atoms with Gasteiger partial charge in [0.2, 0.25) is 0 Å². The smallest absolute Gasteiger partial charge is 0.342 e. The molecule has 0 spiro atoms. The van der Waals surface area contributed by atoms with Crippen molar-refractivity contribution < 1.29 is 19.7 Å². The number of benzene rings is 3. The van der Waals surface area contributed by atoms with Crippen LogP contribution in [-0.4, -0.2) is 29.3 Å². The molecule has 4 rings (SSSR count). The van der Waals surface area contributed by atoms with Gasteiger partial charge in [-0.05, 0) is 24.7 Å². The Morgan fingerprint density at radius 3 is 2.26 bits per heavy atom. The van der Waals surface area contributed by atoms with Crippen LogP contribution < -0.4 is 5.32 Å². The molecule has 3 aromatic rings. The summed E-state index contributed by atoms with van der Waals surface area (Å²) in [5.74, 6) is -0.876. The zero-order chi connectivity index (χ0) is 18.9. The molecule has 0 aromatic heterocycles. The van der Waals surface area contributed by atoms with Crippen LogP contribution in [0.25, 0.3) is 10.8 Å². The molecule has 0 saturated carbocycles. The summed E-state index contributed by atoms with van der Waals surface area (Å²) in [6.07, 6.45) is 1.28. The van der Waals surface area contributed by atoms with E-state index in [2.05, 4.69) is 5.32 Å². The van der Waals surface area contributed by atoms with Gasteiger partial charge in [0.25, 0.3) is 0 Å². The van der Waals surface area contributed by atoms with Crippen molar-refractivity contribution in [2.24, 2.45) is 0 Å². The van der Waals surface area contributed by atoms with Crippen LogP contribution in [0.15, 0.2) is 60.7 Å². The van der Waals surface area contributed by atoms with Gasteiger partial charge in [0.15, 0.2) is 0 Å². The Morgan fingerprint density at radius 1 is 0.926 bits per heavy atom. The standard InChI is InChI=1S/C22H21NO4/c24-19-14-18(20(25)17-9-5-4-8-16(17)19)21(26)27-22(10-12-23-13-11-22)15-6-2-1-3-7-15/h1-9,14,23-25H,10-13H2. The van der Waals surface area contributed by atoms with Gasteiger partial charge in [-0.15, -0.1) is 0 Å². The summed E-state index contributed by atoms with van der Waals surface area (Å²) in [5, 5.41) is 25.1. The number of carbonyl (C=O) groups excluding carboxylic acids is 1. The molecule has 1 aliphatic heterocycles. The van der Waals surface area contributed by atoms with Gasteiger partial charge in [-0.3, -0.25) is 0 Å². The predicted octanol–water partition coefficient (Wildman–Crippen LogP) is 3.69. The lowest BCUT2D eigenvalue weighted by Gasteiger charge is -2.37. The molecule has 5 heteroatoms. The molecule has 0 bridgehead atoms. The number of carbonyl (C=O) groups is 1. The largest absolute Gasteiger partial charge is 0.507 e. The molecule has 0 atom stereocenters. The van der Waals surface area contributed by atoms with Gasteiger partial charge in [0.1, 0.15) is 22.7 Å². The highest BCUT2D eigenvalue weighted by atomic mass is 16.6. The lowest BCUT2D eigenvalue weighted by Crippen LogP contribution is -2.43. The van der Waals surface area contributed by atoms with Crippen molar-refractivity contribution in [3.63, 3.8) is 0 Å². The first-order valence-electron chi connectivity index (χ1n) is 9.04. The maximum absolute atomic E-state index is 13.0. The lowest BCUT2D eigenvalue weighted by molar-refractivity contribution is -0.0380. The Hall–Kier alpha value is -3.05. The fraction of sp³-hybridized carbons (Fsp3) is 0.227. The molecule has 0 aliphatic carbocycles. The van der Waals surface area contributed by atoms with E-state index in [4.69, 9.17) is 4.74 Å². The number of hydrogen-bond acceptors (Lipinski definition) is 5. The number of esters is 1. The Labute approximate surface area is 157 Å². The molecular weight excluding hydrogens is 342 g/mol. The normalized spacial score (nSPS) is 16.1. The number of piperidine rings is 1. The third-order valence-corrected chi connectivity index (χ3v) is 5.21. The third kappa shape index (κ3) is 3.11. The molecular formula is C22H21NO4. The van der Waals surface area contributed by atoms with Crippen molar-refractivity contribution in [3.05, 3.63) is 71.8 Å². The van der Waals surface area contributed by atoms with Crippen molar-refractivity contribution in [2.45, 2.75) is 18.4 Å². The summed E-state index contributed by atoms with van der Waals surface area (Å²) >= 11 is 0. The Balaban J connectivity index is 1.74. The molecule has 27 heavy (non-hydrogen) atoms. The van der Waals surface area contributed by atoms with E-state index in [-0.39, 0.29) is 17.1 Å². The highest BCUT2D eigenvalue weighted by molar-refractivity contribution is 6.03. The van der Waals surface area contributed by atoms with Crippen LogP contribution in [0.5, 0.6) is 11.5 Å². The van der Waals surface area contributed by atoms with Gasteiger partial charge in [-0.2, -0.15) is 0 Å². The number of aromatic hydroxyl groups is 2. The average molecular weight is 363 g/mol. The van der Waals surface area contributed by atoms with Crippen molar-refractivity contribution in [1.82, 2.24) is 5.32 Å². The van der Waals surface area contributed by atoms with E-state index >= 15 is 0 Å². The monoisotopic (exact) mass is 363 g/mol. The third-order valence-electron chi connectivity index (χ3n) is 5.21. The van der Waals surface area contributed by atoms with Crippen molar-refractivity contribution in [2.75, 3.05) is 13.1 Å². The van der Waals surface area contributed by atoms with Gasteiger partial charge in [0.05, 0.1) is 0 Å². The summed E-state index contributed by atoms with van der Waals surface area (Å²) < 4.78 is 5.99. The molecule has 1 heterocycles. The summed E-state index contributed by atoms with van der Waals surface area (Å²) in [4.78, 5) is 13.0. The molecule has 1 fully saturated rings. The SMILES string of the molecule is O=C(OC1(c2ccccc2)CCNCC1)c1cc(O)c2ccccc2c1O. The van der Waals surface area contributed by atoms with Crippen molar-refractivity contribution in [3.8, 4) is 11.5 Å². The maximum atomic E-state index is 13.0. The van der Waals surface area contributed by atoms with Crippen LogP contribution in [0.4, 0.5) is 0 Å². The highest BCUT2D eigenvalue weighted by Gasteiger charge is 2.38. The summed E-state index contributed by atoms with van der Waals surface area (Å²) in [7, 11) is 0.